The number of hydrogen-bond donors (Lipinski definition) is 0. The Balaban J connectivity index is 2.58. The monoisotopic (exact) mass is 215 g/mol. The van der Waals surface area contributed by atoms with Crippen molar-refractivity contribution < 1.29 is 4.74 Å². The van der Waals surface area contributed by atoms with E-state index in [2.05, 4.69) is 36.6 Å². The molecular weight excluding hydrogens is 198 g/mol. The van der Waals surface area contributed by atoms with E-state index in [1.165, 1.54) is 11.4 Å². The van der Waals surface area contributed by atoms with Crippen LogP contribution in [0.1, 0.15) is 12.6 Å². The number of methoxy groups -OCH3 is 1. The molecular formula is C14H17NO. The van der Waals surface area contributed by atoms with Gasteiger partial charge >= 0.3 is 0 Å². The number of aromatic nitrogens is 1. The van der Waals surface area contributed by atoms with Crippen LogP contribution < -0.4 is 4.74 Å². The minimum absolute atomic E-state index is 0.926. The Labute approximate surface area is 96.5 Å². The third-order valence-electron chi connectivity index (χ3n) is 2.90. The molecule has 0 aliphatic rings. The quantitative estimate of drug-likeness (QED) is 0.764. The van der Waals surface area contributed by atoms with Gasteiger partial charge in [-0.05, 0) is 38.1 Å². The highest BCUT2D eigenvalue weighted by Crippen LogP contribution is 2.30. The molecule has 2 nitrogen and oxygen atoms in total. The van der Waals surface area contributed by atoms with E-state index in [0.717, 1.165) is 17.9 Å². The van der Waals surface area contributed by atoms with Gasteiger partial charge in [0.15, 0.2) is 0 Å². The number of aryl methyl sites for hydroxylation is 1. The maximum Gasteiger partial charge on any atom is 0.128 e. The van der Waals surface area contributed by atoms with Crippen LogP contribution in [-0.4, -0.2) is 11.7 Å². The third kappa shape index (κ3) is 1.71. The molecule has 1 aromatic carbocycles. The highest BCUT2D eigenvalue weighted by Gasteiger charge is 2.09. The summed E-state index contributed by atoms with van der Waals surface area (Å²) in [6.07, 6.45) is 0. The lowest BCUT2D eigenvalue weighted by Crippen LogP contribution is -1.99. The second-order valence-corrected chi connectivity index (χ2v) is 3.80. The van der Waals surface area contributed by atoms with Gasteiger partial charge in [-0.3, -0.25) is 0 Å². The molecule has 16 heavy (non-hydrogen) atoms. The first-order chi connectivity index (χ1) is 7.77. The Hall–Kier alpha value is -1.70. The summed E-state index contributed by atoms with van der Waals surface area (Å²) < 4.78 is 7.68. The van der Waals surface area contributed by atoms with Gasteiger partial charge in [0, 0.05) is 17.8 Å². The average Bonchev–Trinajstić information content (AvgIpc) is 2.70. The predicted molar refractivity (Wildman–Crippen MR) is 66.8 cm³/mol. The van der Waals surface area contributed by atoms with E-state index >= 15 is 0 Å². The molecule has 0 saturated heterocycles. The van der Waals surface area contributed by atoms with E-state index in [4.69, 9.17) is 4.74 Å². The zero-order valence-electron chi connectivity index (χ0n) is 10.0. The number of para-hydroxylation sites is 1. The van der Waals surface area contributed by atoms with Crippen LogP contribution in [0, 0.1) is 6.92 Å². The smallest absolute Gasteiger partial charge is 0.128 e. The van der Waals surface area contributed by atoms with Crippen LogP contribution in [0.25, 0.3) is 11.3 Å². The van der Waals surface area contributed by atoms with Crippen molar-refractivity contribution in [3.63, 3.8) is 0 Å². The summed E-state index contributed by atoms with van der Waals surface area (Å²) in [6.45, 7) is 5.26. The molecule has 2 aromatic rings. The summed E-state index contributed by atoms with van der Waals surface area (Å²) in [7, 11) is 1.71. The maximum absolute atomic E-state index is 5.40. The molecule has 0 aliphatic carbocycles. The molecule has 1 heterocycles. The summed E-state index contributed by atoms with van der Waals surface area (Å²) in [5, 5.41) is 0. The summed E-state index contributed by atoms with van der Waals surface area (Å²) >= 11 is 0. The van der Waals surface area contributed by atoms with Crippen LogP contribution in [0.5, 0.6) is 5.75 Å². The molecule has 1 aromatic heterocycles. The number of nitrogens with zero attached hydrogens (tertiary/aromatic N) is 1. The normalized spacial score (nSPS) is 10.4. The van der Waals surface area contributed by atoms with Crippen LogP contribution in [0.3, 0.4) is 0 Å². The van der Waals surface area contributed by atoms with Gasteiger partial charge in [-0.25, -0.2) is 0 Å². The zero-order chi connectivity index (χ0) is 11.5. The van der Waals surface area contributed by atoms with E-state index in [-0.39, 0.29) is 0 Å². The second-order valence-electron chi connectivity index (χ2n) is 3.80. The van der Waals surface area contributed by atoms with Gasteiger partial charge in [-0.2, -0.15) is 0 Å². The van der Waals surface area contributed by atoms with Crippen molar-refractivity contribution in [3.8, 4) is 17.0 Å². The summed E-state index contributed by atoms with van der Waals surface area (Å²) in [5.74, 6) is 0.926. The second kappa shape index (κ2) is 4.44. The minimum atomic E-state index is 0.926. The Morgan fingerprint density at radius 1 is 1.12 bits per heavy atom. The molecule has 0 fully saturated rings. The average molecular weight is 215 g/mol. The fourth-order valence-electron chi connectivity index (χ4n) is 2.08. The molecule has 84 valence electrons. The molecule has 0 N–H and O–H groups in total. The van der Waals surface area contributed by atoms with E-state index < -0.39 is 0 Å². The first-order valence-electron chi connectivity index (χ1n) is 5.57. The minimum Gasteiger partial charge on any atom is -0.496 e. The van der Waals surface area contributed by atoms with Crippen LogP contribution >= 0.6 is 0 Å². The fraction of sp³-hybridized carbons (Fsp3) is 0.286. The largest absolute Gasteiger partial charge is 0.496 e. The van der Waals surface area contributed by atoms with Gasteiger partial charge in [-0.15, -0.1) is 0 Å². The molecule has 0 bridgehead atoms. The fourth-order valence-corrected chi connectivity index (χ4v) is 2.08. The molecule has 2 heteroatoms. The number of ether oxygens (including phenoxy) is 1. The number of hydrogen-bond acceptors (Lipinski definition) is 1. The molecule has 0 saturated carbocycles. The lowest BCUT2D eigenvalue weighted by molar-refractivity contribution is 0.416. The van der Waals surface area contributed by atoms with Crippen molar-refractivity contribution in [1.82, 2.24) is 4.57 Å². The summed E-state index contributed by atoms with van der Waals surface area (Å²) in [6, 6.07) is 12.4. The van der Waals surface area contributed by atoms with Gasteiger partial charge < -0.3 is 9.30 Å². The molecule has 0 radical (unpaired) electrons. The molecule has 0 unspecified atom stereocenters. The van der Waals surface area contributed by atoms with Gasteiger partial charge in [0.2, 0.25) is 0 Å². The number of benzene rings is 1. The van der Waals surface area contributed by atoms with Crippen molar-refractivity contribution in [2.45, 2.75) is 20.4 Å². The Kier molecular flexibility index (Phi) is 3.00. The summed E-state index contributed by atoms with van der Waals surface area (Å²) in [5.41, 5.74) is 3.65. The SMILES string of the molecule is CCn1c(C)ccc1-c1ccccc1OC. The first kappa shape index (κ1) is 10.8. The Bertz CT molecular complexity index is 485. The first-order valence-corrected chi connectivity index (χ1v) is 5.57. The van der Waals surface area contributed by atoms with E-state index in [0.29, 0.717) is 0 Å². The molecule has 2 rings (SSSR count). The molecule has 0 aliphatic heterocycles. The molecule has 0 spiro atoms. The van der Waals surface area contributed by atoms with Crippen molar-refractivity contribution in [2.75, 3.05) is 7.11 Å². The molecule has 0 amide bonds. The van der Waals surface area contributed by atoms with Gasteiger partial charge in [-0.1, -0.05) is 12.1 Å². The van der Waals surface area contributed by atoms with Crippen molar-refractivity contribution >= 4 is 0 Å². The van der Waals surface area contributed by atoms with E-state index in [1.54, 1.807) is 7.11 Å². The Morgan fingerprint density at radius 2 is 1.88 bits per heavy atom. The highest BCUT2D eigenvalue weighted by atomic mass is 16.5. The van der Waals surface area contributed by atoms with Gasteiger partial charge in [0.25, 0.3) is 0 Å². The predicted octanol–water partition coefficient (Wildman–Crippen LogP) is 3.49. The van der Waals surface area contributed by atoms with Crippen molar-refractivity contribution in [3.05, 3.63) is 42.1 Å². The standard InChI is InChI=1S/C14H17NO/c1-4-15-11(2)9-10-13(15)12-7-5-6-8-14(12)16-3/h5-10H,4H2,1-3H3. The van der Waals surface area contributed by atoms with Gasteiger partial charge in [0.1, 0.15) is 5.75 Å². The van der Waals surface area contributed by atoms with Crippen LogP contribution in [0.15, 0.2) is 36.4 Å². The third-order valence-corrected chi connectivity index (χ3v) is 2.90. The maximum atomic E-state index is 5.40. The summed E-state index contributed by atoms with van der Waals surface area (Å²) in [4.78, 5) is 0. The van der Waals surface area contributed by atoms with Crippen LogP contribution in [-0.2, 0) is 6.54 Å². The zero-order valence-corrected chi connectivity index (χ0v) is 10.0. The van der Waals surface area contributed by atoms with Crippen molar-refractivity contribution in [1.29, 1.82) is 0 Å². The van der Waals surface area contributed by atoms with Crippen molar-refractivity contribution in [2.24, 2.45) is 0 Å². The van der Waals surface area contributed by atoms with Crippen LogP contribution in [0.2, 0.25) is 0 Å². The highest BCUT2D eigenvalue weighted by molar-refractivity contribution is 5.68. The molecule has 0 atom stereocenters. The lowest BCUT2D eigenvalue weighted by Gasteiger charge is -2.12. The topological polar surface area (TPSA) is 14.2 Å². The van der Waals surface area contributed by atoms with Gasteiger partial charge in [0.05, 0.1) is 12.8 Å². The van der Waals surface area contributed by atoms with E-state index in [1.807, 2.05) is 18.2 Å². The lowest BCUT2D eigenvalue weighted by atomic mass is 10.1. The van der Waals surface area contributed by atoms with Crippen LogP contribution in [0.4, 0.5) is 0 Å². The van der Waals surface area contributed by atoms with E-state index in [9.17, 15) is 0 Å². The Morgan fingerprint density at radius 3 is 2.56 bits per heavy atom. The number of rotatable bonds is 3.